The normalized spacial score (nSPS) is 11.6. The van der Waals surface area contributed by atoms with Crippen molar-refractivity contribution in [1.82, 2.24) is 24.1 Å². The van der Waals surface area contributed by atoms with Crippen molar-refractivity contribution in [1.29, 1.82) is 0 Å². The van der Waals surface area contributed by atoms with Crippen molar-refractivity contribution in [2.24, 2.45) is 0 Å². The molecule has 0 aliphatic rings. The quantitative estimate of drug-likeness (QED) is 0.172. The lowest BCUT2D eigenvalue weighted by molar-refractivity contribution is 1.16. The molecule has 4 aromatic heterocycles. The first-order valence-corrected chi connectivity index (χ1v) is 18.9. The molecule has 56 heavy (non-hydrogen) atoms. The van der Waals surface area contributed by atoms with Crippen LogP contribution in [0.5, 0.6) is 0 Å². The van der Waals surface area contributed by atoms with Crippen molar-refractivity contribution in [3.05, 3.63) is 200 Å². The molecule has 11 rings (SSSR count). The Morgan fingerprint density at radius 2 is 0.964 bits per heavy atom. The minimum absolute atomic E-state index is 0.691. The Bertz CT molecular complexity index is 3160. The molecule has 7 aromatic carbocycles. The van der Waals surface area contributed by atoms with Gasteiger partial charge in [-0.2, -0.15) is 0 Å². The largest absolute Gasteiger partial charge is 0.309 e. The van der Waals surface area contributed by atoms with Crippen LogP contribution in [0.25, 0.3) is 100 Å². The fourth-order valence-corrected chi connectivity index (χ4v) is 8.22. The summed E-state index contributed by atoms with van der Waals surface area (Å²) in [4.78, 5) is 15.0. The fraction of sp³-hybridized carbons (Fsp3) is 0. The maximum absolute atomic E-state index is 5.09. The first-order chi connectivity index (χ1) is 27.8. The van der Waals surface area contributed by atoms with Gasteiger partial charge in [0.15, 0.2) is 5.82 Å². The van der Waals surface area contributed by atoms with E-state index in [1.807, 2.05) is 48.7 Å². The standard InChI is InChI=1S/C51H33N5/c1-4-14-34(15-5-1)44-33-45(35-16-6-2-7-17-35)54-51(53-44)36-25-28-39(29-26-36)56-46-23-11-10-20-41(46)42-22-12-21-40(50(42)56)37-27-30-43-48(32-37)55(38-18-8-3-9-19-38)47-24-13-31-52-49(43)47/h1-33H. The first-order valence-electron chi connectivity index (χ1n) is 18.9. The number of rotatable bonds is 6. The molecule has 0 saturated carbocycles. The Morgan fingerprint density at radius 1 is 0.357 bits per heavy atom. The Labute approximate surface area is 323 Å². The zero-order valence-electron chi connectivity index (χ0n) is 30.3. The lowest BCUT2D eigenvalue weighted by Gasteiger charge is -2.14. The highest BCUT2D eigenvalue weighted by molar-refractivity contribution is 6.15. The van der Waals surface area contributed by atoms with Gasteiger partial charge in [0.05, 0.1) is 39.0 Å². The van der Waals surface area contributed by atoms with Crippen LogP contribution in [0.4, 0.5) is 0 Å². The minimum Gasteiger partial charge on any atom is -0.309 e. The molecule has 0 atom stereocenters. The van der Waals surface area contributed by atoms with Crippen molar-refractivity contribution in [2.45, 2.75) is 0 Å². The second-order valence-corrected chi connectivity index (χ2v) is 14.1. The van der Waals surface area contributed by atoms with Crippen LogP contribution in [0.15, 0.2) is 200 Å². The molecule has 0 aliphatic heterocycles. The van der Waals surface area contributed by atoms with E-state index < -0.39 is 0 Å². The van der Waals surface area contributed by atoms with Crippen molar-refractivity contribution < 1.29 is 0 Å². The molecule has 0 radical (unpaired) electrons. The third kappa shape index (κ3) is 5.21. The van der Waals surface area contributed by atoms with Gasteiger partial charge >= 0.3 is 0 Å². The van der Waals surface area contributed by atoms with E-state index >= 15 is 0 Å². The summed E-state index contributed by atoms with van der Waals surface area (Å²) in [5.41, 5.74) is 14.9. The van der Waals surface area contributed by atoms with Crippen LogP contribution in [0.3, 0.4) is 0 Å². The number of nitrogens with zero attached hydrogens (tertiary/aromatic N) is 5. The summed E-state index contributed by atoms with van der Waals surface area (Å²) < 4.78 is 4.73. The number of benzene rings is 7. The van der Waals surface area contributed by atoms with Crippen molar-refractivity contribution in [2.75, 3.05) is 0 Å². The number of para-hydroxylation sites is 3. The number of hydrogen-bond acceptors (Lipinski definition) is 3. The first kappa shape index (κ1) is 31.9. The molecule has 0 unspecified atom stereocenters. The summed E-state index contributed by atoms with van der Waals surface area (Å²) in [6, 6.07) is 68.3. The average Bonchev–Trinajstić information content (AvgIpc) is 3.80. The van der Waals surface area contributed by atoms with E-state index in [9.17, 15) is 0 Å². The van der Waals surface area contributed by atoms with E-state index in [0.717, 1.165) is 83.5 Å². The van der Waals surface area contributed by atoms with Crippen LogP contribution < -0.4 is 0 Å². The highest BCUT2D eigenvalue weighted by Crippen LogP contribution is 2.40. The van der Waals surface area contributed by atoms with Crippen molar-refractivity contribution >= 4 is 43.7 Å². The molecule has 0 spiro atoms. The van der Waals surface area contributed by atoms with Gasteiger partial charge in [-0.05, 0) is 78.4 Å². The average molecular weight is 716 g/mol. The van der Waals surface area contributed by atoms with E-state index in [2.05, 4.69) is 161 Å². The molecule has 11 aromatic rings. The molecule has 262 valence electrons. The van der Waals surface area contributed by atoms with Crippen LogP contribution in [0, 0.1) is 0 Å². The van der Waals surface area contributed by atoms with E-state index in [0.29, 0.717) is 5.82 Å². The lowest BCUT2D eigenvalue weighted by Crippen LogP contribution is -1.98. The summed E-state index contributed by atoms with van der Waals surface area (Å²) in [6.45, 7) is 0. The van der Waals surface area contributed by atoms with Gasteiger partial charge in [0, 0.05) is 56.0 Å². The van der Waals surface area contributed by atoms with E-state index in [-0.39, 0.29) is 0 Å². The third-order valence-corrected chi connectivity index (χ3v) is 10.8. The molecule has 5 nitrogen and oxygen atoms in total. The SMILES string of the molecule is c1ccc(-c2cc(-c3ccccc3)nc(-c3ccc(-n4c5ccccc5c5cccc(-c6ccc7c8ncccc8n(-c8ccccc8)c7c6)c54)cc3)n2)cc1. The zero-order valence-corrected chi connectivity index (χ0v) is 30.3. The van der Waals surface area contributed by atoms with Crippen LogP contribution >= 0.6 is 0 Å². The molecule has 4 heterocycles. The predicted molar refractivity (Wildman–Crippen MR) is 230 cm³/mol. The van der Waals surface area contributed by atoms with Crippen LogP contribution in [0.2, 0.25) is 0 Å². The van der Waals surface area contributed by atoms with Crippen LogP contribution in [-0.2, 0) is 0 Å². The summed E-state index contributed by atoms with van der Waals surface area (Å²) in [7, 11) is 0. The molecule has 0 fully saturated rings. The van der Waals surface area contributed by atoms with E-state index in [4.69, 9.17) is 15.0 Å². The molecule has 5 heteroatoms. The van der Waals surface area contributed by atoms with Gasteiger partial charge in [0.25, 0.3) is 0 Å². The summed E-state index contributed by atoms with van der Waals surface area (Å²) >= 11 is 0. The lowest BCUT2D eigenvalue weighted by atomic mass is 10.0. The van der Waals surface area contributed by atoms with Gasteiger partial charge in [0.1, 0.15) is 0 Å². The number of hydrogen-bond donors (Lipinski definition) is 0. The zero-order chi connectivity index (χ0) is 37.0. The minimum atomic E-state index is 0.691. The highest BCUT2D eigenvalue weighted by atomic mass is 15.0. The van der Waals surface area contributed by atoms with Gasteiger partial charge in [-0.1, -0.05) is 121 Å². The highest BCUT2D eigenvalue weighted by Gasteiger charge is 2.19. The van der Waals surface area contributed by atoms with Crippen molar-refractivity contribution in [3.63, 3.8) is 0 Å². The monoisotopic (exact) mass is 715 g/mol. The van der Waals surface area contributed by atoms with Gasteiger partial charge in [-0.15, -0.1) is 0 Å². The number of aromatic nitrogens is 5. The van der Waals surface area contributed by atoms with Crippen LogP contribution in [0.1, 0.15) is 0 Å². The Morgan fingerprint density at radius 3 is 1.70 bits per heavy atom. The number of fused-ring (bicyclic) bond motifs is 6. The third-order valence-electron chi connectivity index (χ3n) is 10.8. The summed E-state index contributed by atoms with van der Waals surface area (Å²) in [6.07, 6.45) is 1.88. The van der Waals surface area contributed by atoms with Gasteiger partial charge < -0.3 is 9.13 Å². The fourth-order valence-electron chi connectivity index (χ4n) is 8.22. The molecule has 0 bridgehead atoms. The summed E-state index contributed by atoms with van der Waals surface area (Å²) in [5.74, 6) is 0.691. The number of pyridine rings is 1. The second kappa shape index (κ2) is 13.0. The molecule has 0 aliphatic carbocycles. The van der Waals surface area contributed by atoms with Gasteiger partial charge in [0.2, 0.25) is 0 Å². The topological polar surface area (TPSA) is 48.5 Å². The maximum Gasteiger partial charge on any atom is 0.160 e. The van der Waals surface area contributed by atoms with Crippen molar-refractivity contribution in [3.8, 4) is 56.4 Å². The Kier molecular flexibility index (Phi) is 7.42. The molecule has 0 N–H and O–H groups in total. The maximum atomic E-state index is 5.09. The molecular formula is C51H33N5. The van der Waals surface area contributed by atoms with Crippen LogP contribution in [-0.4, -0.2) is 24.1 Å². The molecule has 0 saturated heterocycles. The smallest absolute Gasteiger partial charge is 0.160 e. The van der Waals surface area contributed by atoms with E-state index in [1.54, 1.807) is 0 Å². The summed E-state index contributed by atoms with van der Waals surface area (Å²) in [5, 5.41) is 3.55. The van der Waals surface area contributed by atoms with E-state index in [1.165, 1.54) is 10.8 Å². The Balaban J connectivity index is 1.09. The molecule has 0 amide bonds. The van der Waals surface area contributed by atoms with Gasteiger partial charge in [-0.3, -0.25) is 4.98 Å². The van der Waals surface area contributed by atoms with Gasteiger partial charge in [-0.25, -0.2) is 9.97 Å². The second-order valence-electron chi connectivity index (χ2n) is 14.1. The Hall–Kier alpha value is -7.63. The molecular weight excluding hydrogens is 683 g/mol. The predicted octanol–water partition coefficient (Wildman–Crippen LogP) is 12.7.